The molecule has 1 atom stereocenters. The molecule has 0 aliphatic carbocycles. The average molecular weight is 387 g/mol. The lowest BCUT2D eigenvalue weighted by Gasteiger charge is -2.10. The minimum Gasteiger partial charge on any atom is -0.406 e. The van der Waals surface area contributed by atoms with E-state index in [0.717, 1.165) is 19.4 Å². The number of thiazole rings is 1. The molecule has 1 amide bonds. The Balaban J connectivity index is 1.53. The number of hydrogen-bond donors (Lipinski definition) is 2. The summed E-state index contributed by atoms with van der Waals surface area (Å²) in [6, 6.07) is 5.25. The van der Waals surface area contributed by atoms with Crippen molar-refractivity contribution in [2.75, 3.05) is 18.5 Å². The first kappa shape index (κ1) is 18.5. The van der Waals surface area contributed by atoms with E-state index < -0.39 is 6.36 Å². The Morgan fingerprint density at radius 1 is 1.35 bits per heavy atom. The second-order valence-electron chi connectivity index (χ2n) is 5.58. The van der Waals surface area contributed by atoms with Gasteiger partial charge in [-0.05, 0) is 37.1 Å². The lowest BCUT2D eigenvalue weighted by atomic mass is 10.2. The van der Waals surface area contributed by atoms with Gasteiger partial charge in [-0.15, -0.1) is 24.5 Å². The van der Waals surface area contributed by atoms with Crippen LogP contribution in [0.5, 0.6) is 5.75 Å². The van der Waals surface area contributed by atoms with Crippen LogP contribution in [0.2, 0.25) is 0 Å². The number of carbonyl (C=O) groups excluding carboxylic acids is 1. The first-order valence-corrected chi connectivity index (χ1v) is 8.75. The minimum absolute atomic E-state index is 0.0487. The molecule has 1 fully saturated rings. The fraction of sp³-hybridized carbons (Fsp3) is 0.375. The van der Waals surface area contributed by atoms with E-state index >= 15 is 0 Å². The van der Waals surface area contributed by atoms with Crippen molar-refractivity contribution in [3.05, 3.63) is 35.3 Å². The third-order valence-corrected chi connectivity index (χ3v) is 4.35. The number of benzene rings is 1. The van der Waals surface area contributed by atoms with Gasteiger partial charge in [0, 0.05) is 24.2 Å². The van der Waals surface area contributed by atoms with Gasteiger partial charge in [0.1, 0.15) is 11.4 Å². The van der Waals surface area contributed by atoms with Crippen LogP contribution in [-0.4, -0.2) is 36.5 Å². The standard InChI is InChI=1S/C16H16F3N3O3S/c17-16(18,19)25-11-5-3-10(4-6-11)21-15-22-13(9-26-15)14(23)20-8-12-2-1-7-24-12/h3-6,9,12H,1-2,7-8H2,(H,20,23)(H,21,22)/t12-/m1/s1. The van der Waals surface area contributed by atoms with Gasteiger partial charge < -0.3 is 20.1 Å². The molecule has 0 spiro atoms. The maximum absolute atomic E-state index is 12.1. The van der Waals surface area contributed by atoms with Crippen LogP contribution in [0, 0.1) is 0 Å². The van der Waals surface area contributed by atoms with E-state index in [1.807, 2.05) is 0 Å². The van der Waals surface area contributed by atoms with Crippen molar-refractivity contribution in [2.45, 2.75) is 25.3 Å². The summed E-state index contributed by atoms with van der Waals surface area (Å²) >= 11 is 1.22. The Morgan fingerprint density at radius 3 is 2.77 bits per heavy atom. The fourth-order valence-corrected chi connectivity index (χ4v) is 3.11. The number of rotatable bonds is 6. The molecule has 1 aliphatic rings. The van der Waals surface area contributed by atoms with E-state index in [1.165, 1.54) is 35.6 Å². The van der Waals surface area contributed by atoms with Crippen LogP contribution in [0.1, 0.15) is 23.3 Å². The van der Waals surface area contributed by atoms with Crippen LogP contribution in [-0.2, 0) is 4.74 Å². The highest BCUT2D eigenvalue weighted by atomic mass is 32.1. The van der Waals surface area contributed by atoms with Gasteiger partial charge in [0.2, 0.25) is 0 Å². The summed E-state index contributed by atoms with van der Waals surface area (Å²) in [6.07, 6.45) is -2.75. The molecule has 2 N–H and O–H groups in total. The van der Waals surface area contributed by atoms with E-state index in [4.69, 9.17) is 4.74 Å². The van der Waals surface area contributed by atoms with Crippen LogP contribution in [0.15, 0.2) is 29.6 Å². The molecule has 1 aromatic carbocycles. The highest BCUT2D eigenvalue weighted by Crippen LogP contribution is 2.26. The topological polar surface area (TPSA) is 72.5 Å². The van der Waals surface area contributed by atoms with Gasteiger partial charge in [-0.25, -0.2) is 4.98 Å². The molecule has 0 saturated carbocycles. The predicted octanol–water partition coefficient (Wildman–Crippen LogP) is 3.69. The monoisotopic (exact) mass is 387 g/mol. The van der Waals surface area contributed by atoms with Crippen molar-refractivity contribution in [2.24, 2.45) is 0 Å². The van der Waals surface area contributed by atoms with Crippen LogP contribution < -0.4 is 15.4 Å². The van der Waals surface area contributed by atoms with E-state index in [0.29, 0.717) is 17.4 Å². The van der Waals surface area contributed by atoms with Crippen molar-refractivity contribution in [3.63, 3.8) is 0 Å². The summed E-state index contributed by atoms with van der Waals surface area (Å²) in [5.41, 5.74) is 0.799. The number of nitrogens with one attached hydrogen (secondary N) is 2. The molecular formula is C16H16F3N3O3S. The molecule has 2 aromatic rings. The lowest BCUT2D eigenvalue weighted by Crippen LogP contribution is -2.31. The third-order valence-electron chi connectivity index (χ3n) is 3.59. The Kier molecular flexibility index (Phi) is 5.62. The molecular weight excluding hydrogens is 371 g/mol. The fourth-order valence-electron chi connectivity index (χ4n) is 2.40. The highest BCUT2D eigenvalue weighted by molar-refractivity contribution is 7.14. The maximum atomic E-state index is 12.1. The van der Waals surface area contributed by atoms with Crippen LogP contribution in [0.3, 0.4) is 0 Å². The summed E-state index contributed by atoms with van der Waals surface area (Å²) in [5.74, 6) is -0.602. The smallest absolute Gasteiger partial charge is 0.406 e. The number of anilines is 2. The normalized spacial score (nSPS) is 17.1. The molecule has 6 nitrogen and oxygen atoms in total. The zero-order chi connectivity index (χ0) is 18.6. The molecule has 1 aliphatic heterocycles. The summed E-state index contributed by atoms with van der Waals surface area (Å²) in [4.78, 5) is 16.2. The maximum Gasteiger partial charge on any atom is 0.573 e. The lowest BCUT2D eigenvalue weighted by molar-refractivity contribution is -0.274. The predicted molar refractivity (Wildman–Crippen MR) is 89.8 cm³/mol. The zero-order valence-electron chi connectivity index (χ0n) is 13.5. The molecule has 0 unspecified atom stereocenters. The van der Waals surface area contributed by atoms with Gasteiger partial charge >= 0.3 is 6.36 Å². The number of alkyl halides is 3. The molecule has 0 radical (unpaired) electrons. The number of hydrogen-bond acceptors (Lipinski definition) is 6. The number of amides is 1. The van der Waals surface area contributed by atoms with E-state index in [9.17, 15) is 18.0 Å². The van der Waals surface area contributed by atoms with Crippen molar-refractivity contribution >= 4 is 28.1 Å². The summed E-state index contributed by atoms with van der Waals surface area (Å²) in [5, 5.41) is 7.77. The highest BCUT2D eigenvalue weighted by Gasteiger charge is 2.30. The van der Waals surface area contributed by atoms with Gasteiger partial charge in [0.15, 0.2) is 5.13 Å². The van der Waals surface area contributed by atoms with Crippen LogP contribution in [0.25, 0.3) is 0 Å². The largest absolute Gasteiger partial charge is 0.573 e. The molecule has 3 rings (SSSR count). The molecule has 1 aromatic heterocycles. The van der Waals surface area contributed by atoms with Gasteiger partial charge in [0.05, 0.1) is 6.10 Å². The quantitative estimate of drug-likeness (QED) is 0.791. The molecule has 1 saturated heterocycles. The van der Waals surface area contributed by atoms with Gasteiger partial charge in [-0.3, -0.25) is 4.79 Å². The number of nitrogens with zero attached hydrogens (tertiary/aromatic N) is 1. The summed E-state index contributed by atoms with van der Waals surface area (Å²) in [6.45, 7) is 1.16. The first-order chi connectivity index (χ1) is 12.4. The van der Waals surface area contributed by atoms with Gasteiger partial charge in [-0.1, -0.05) is 0 Å². The van der Waals surface area contributed by atoms with Gasteiger partial charge in [0.25, 0.3) is 5.91 Å². The van der Waals surface area contributed by atoms with E-state index in [1.54, 1.807) is 5.38 Å². The molecule has 2 heterocycles. The second kappa shape index (κ2) is 7.92. The van der Waals surface area contributed by atoms with Gasteiger partial charge in [-0.2, -0.15) is 0 Å². The summed E-state index contributed by atoms with van der Waals surface area (Å²) in [7, 11) is 0. The second-order valence-corrected chi connectivity index (χ2v) is 6.44. The Morgan fingerprint density at radius 2 is 2.12 bits per heavy atom. The van der Waals surface area contributed by atoms with E-state index in [2.05, 4.69) is 20.4 Å². The van der Waals surface area contributed by atoms with Crippen molar-refractivity contribution in [1.82, 2.24) is 10.3 Å². The van der Waals surface area contributed by atoms with Crippen molar-refractivity contribution in [3.8, 4) is 5.75 Å². The number of ether oxygens (including phenoxy) is 2. The average Bonchev–Trinajstić information content (AvgIpc) is 3.25. The SMILES string of the molecule is O=C(NC[C@H]1CCCO1)c1csc(Nc2ccc(OC(F)(F)F)cc2)n1. The Bertz CT molecular complexity index is 743. The number of aromatic nitrogens is 1. The molecule has 10 heteroatoms. The third kappa shape index (κ3) is 5.33. The van der Waals surface area contributed by atoms with Crippen molar-refractivity contribution < 1.29 is 27.4 Å². The summed E-state index contributed by atoms with van der Waals surface area (Å²) < 4.78 is 45.7. The molecule has 26 heavy (non-hydrogen) atoms. The zero-order valence-corrected chi connectivity index (χ0v) is 14.3. The van der Waals surface area contributed by atoms with Crippen LogP contribution >= 0.6 is 11.3 Å². The first-order valence-electron chi connectivity index (χ1n) is 7.87. The van der Waals surface area contributed by atoms with E-state index in [-0.39, 0.29) is 23.5 Å². The Labute approximate surface area is 151 Å². The minimum atomic E-state index is -4.73. The Hall–Kier alpha value is -2.33. The molecule has 140 valence electrons. The molecule has 0 bridgehead atoms. The number of carbonyl (C=O) groups is 1. The van der Waals surface area contributed by atoms with Crippen LogP contribution in [0.4, 0.5) is 24.0 Å². The number of halogens is 3. The van der Waals surface area contributed by atoms with Crippen molar-refractivity contribution in [1.29, 1.82) is 0 Å².